The Morgan fingerprint density at radius 1 is 1.18 bits per heavy atom. The molecule has 0 bridgehead atoms. The van der Waals surface area contributed by atoms with E-state index >= 15 is 0 Å². The minimum atomic E-state index is -3.79. The first kappa shape index (κ1) is 17.6. The quantitative estimate of drug-likeness (QED) is 0.760. The zero-order valence-electron chi connectivity index (χ0n) is 12.1. The normalized spacial score (nSPS) is 12.1. The van der Waals surface area contributed by atoms with Crippen molar-refractivity contribution < 1.29 is 8.42 Å². The Balaban J connectivity index is 2.38. The van der Waals surface area contributed by atoms with Gasteiger partial charge in [0.25, 0.3) is 0 Å². The summed E-state index contributed by atoms with van der Waals surface area (Å²) in [5, 5.41) is 4.56. The summed E-state index contributed by atoms with van der Waals surface area (Å²) >= 11 is 17.7. The van der Waals surface area contributed by atoms with Gasteiger partial charge in [0.2, 0.25) is 10.0 Å². The van der Waals surface area contributed by atoms with Crippen LogP contribution in [0.25, 0.3) is 0 Å². The first-order valence-corrected chi connectivity index (χ1v) is 8.80. The number of aromatic nitrogens is 2. The molecule has 1 aromatic carbocycles. The first-order valence-electron chi connectivity index (χ1n) is 6.23. The lowest BCUT2D eigenvalue weighted by Gasteiger charge is -2.18. The molecule has 120 valence electrons. The molecule has 0 atom stereocenters. The Morgan fingerprint density at radius 3 is 2.32 bits per heavy atom. The molecule has 0 aliphatic heterocycles. The van der Waals surface area contributed by atoms with Gasteiger partial charge in [-0.15, -0.1) is 0 Å². The van der Waals surface area contributed by atoms with Gasteiger partial charge in [-0.3, -0.25) is 4.68 Å². The Kier molecular flexibility index (Phi) is 5.09. The maximum Gasteiger partial charge on any atom is 0.244 e. The van der Waals surface area contributed by atoms with Gasteiger partial charge >= 0.3 is 0 Å². The molecule has 2 aromatic rings. The van der Waals surface area contributed by atoms with Gasteiger partial charge in [0, 0.05) is 32.4 Å². The van der Waals surface area contributed by atoms with Crippen molar-refractivity contribution in [1.29, 1.82) is 0 Å². The maximum absolute atomic E-state index is 12.7. The average Bonchev–Trinajstić information content (AvgIpc) is 2.72. The summed E-state index contributed by atoms with van der Waals surface area (Å²) in [6.45, 7) is 2.00. The van der Waals surface area contributed by atoms with Gasteiger partial charge < -0.3 is 0 Å². The highest BCUT2D eigenvalue weighted by atomic mass is 35.5. The molecule has 0 spiro atoms. The van der Waals surface area contributed by atoms with Crippen LogP contribution in [0.2, 0.25) is 15.1 Å². The van der Waals surface area contributed by atoms with E-state index in [-0.39, 0.29) is 26.5 Å². The summed E-state index contributed by atoms with van der Waals surface area (Å²) in [5.41, 5.74) is 1.58. The third-order valence-electron chi connectivity index (χ3n) is 3.17. The average molecular weight is 383 g/mol. The number of benzene rings is 1. The Hall–Kier alpha value is -0.790. The van der Waals surface area contributed by atoms with Crippen LogP contribution in [0.3, 0.4) is 0 Å². The molecule has 0 aliphatic carbocycles. The molecule has 0 saturated carbocycles. The molecule has 1 heterocycles. The summed E-state index contributed by atoms with van der Waals surface area (Å²) in [7, 11) is -0.542. The molecule has 0 N–H and O–H groups in total. The lowest BCUT2D eigenvalue weighted by molar-refractivity contribution is 0.466. The molecule has 0 radical (unpaired) electrons. The predicted molar refractivity (Wildman–Crippen MR) is 88.1 cm³/mol. The molecular formula is C13H14Cl3N3O2S. The molecule has 22 heavy (non-hydrogen) atoms. The Morgan fingerprint density at radius 2 is 1.77 bits per heavy atom. The fourth-order valence-electron chi connectivity index (χ4n) is 2.00. The summed E-state index contributed by atoms with van der Waals surface area (Å²) in [6, 6.07) is 2.58. The highest BCUT2D eigenvalue weighted by Gasteiger charge is 2.25. The van der Waals surface area contributed by atoms with Crippen LogP contribution in [0.15, 0.2) is 23.2 Å². The van der Waals surface area contributed by atoms with Crippen molar-refractivity contribution >= 4 is 44.8 Å². The monoisotopic (exact) mass is 381 g/mol. The van der Waals surface area contributed by atoms with Crippen LogP contribution < -0.4 is 0 Å². The molecular weight excluding hydrogens is 369 g/mol. The molecule has 0 aliphatic rings. The first-order chi connectivity index (χ1) is 10.1. The fourth-order valence-corrected chi connectivity index (χ4v) is 4.12. The van der Waals surface area contributed by atoms with Crippen molar-refractivity contribution in [1.82, 2.24) is 14.1 Å². The third-order valence-corrected chi connectivity index (χ3v) is 6.16. The van der Waals surface area contributed by atoms with Crippen molar-refractivity contribution in [2.45, 2.75) is 18.4 Å². The van der Waals surface area contributed by atoms with Gasteiger partial charge in [-0.25, -0.2) is 8.42 Å². The standard InChI is InChI=1S/C13H14Cl3N3O2S/c1-8-9(6-18(2)17-8)7-19(3)22(20,21)13-5-11(15)10(14)4-12(13)16/h4-6H,7H2,1-3H3. The molecule has 2 rings (SSSR count). The van der Waals surface area contributed by atoms with Crippen molar-refractivity contribution in [2.75, 3.05) is 7.05 Å². The van der Waals surface area contributed by atoms with Gasteiger partial charge in [-0.2, -0.15) is 9.40 Å². The number of sulfonamides is 1. The maximum atomic E-state index is 12.7. The largest absolute Gasteiger partial charge is 0.275 e. The van der Waals surface area contributed by atoms with Crippen LogP contribution in [0, 0.1) is 6.92 Å². The van der Waals surface area contributed by atoms with Crippen LogP contribution in [0.5, 0.6) is 0 Å². The van der Waals surface area contributed by atoms with Crippen LogP contribution in [0.4, 0.5) is 0 Å². The van der Waals surface area contributed by atoms with Gasteiger partial charge in [0.1, 0.15) is 4.90 Å². The summed E-state index contributed by atoms with van der Waals surface area (Å²) in [4.78, 5) is -0.0763. The van der Waals surface area contributed by atoms with E-state index < -0.39 is 10.0 Å². The second-order valence-electron chi connectivity index (χ2n) is 4.87. The molecule has 0 fully saturated rings. The van der Waals surface area contributed by atoms with E-state index in [2.05, 4.69) is 5.10 Å². The Labute approximate surface area is 144 Å². The van der Waals surface area contributed by atoms with Gasteiger partial charge in [0.15, 0.2) is 0 Å². The number of nitrogens with zero attached hydrogens (tertiary/aromatic N) is 3. The molecule has 1 aromatic heterocycles. The number of aryl methyl sites for hydroxylation is 2. The van der Waals surface area contributed by atoms with E-state index in [9.17, 15) is 8.42 Å². The van der Waals surface area contributed by atoms with E-state index in [1.54, 1.807) is 17.9 Å². The summed E-state index contributed by atoms with van der Waals surface area (Å²) in [6.07, 6.45) is 1.78. The number of hydrogen-bond acceptors (Lipinski definition) is 3. The lowest BCUT2D eigenvalue weighted by atomic mass is 10.3. The van der Waals surface area contributed by atoms with Gasteiger partial charge in [0.05, 0.1) is 20.8 Å². The molecule has 0 saturated heterocycles. The lowest BCUT2D eigenvalue weighted by Crippen LogP contribution is -2.27. The zero-order chi connectivity index (χ0) is 16.7. The third kappa shape index (κ3) is 3.41. The van der Waals surface area contributed by atoms with Crippen LogP contribution in [0.1, 0.15) is 11.3 Å². The number of hydrogen-bond donors (Lipinski definition) is 0. The van der Waals surface area contributed by atoms with Crippen LogP contribution >= 0.6 is 34.8 Å². The van der Waals surface area contributed by atoms with Gasteiger partial charge in [-0.05, 0) is 19.1 Å². The minimum Gasteiger partial charge on any atom is -0.275 e. The second-order valence-corrected chi connectivity index (χ2v) is 8.11. The second kappa shape index (κ2) is 6.37. The highest BCUT2D eigenvalue weighted by molar-refractivity contribution is 7.89. The van der Waals surface area contributed by atoms with E-state index in [1.165, 1.54) is 23.5 Å². The van der Waals surface area contributed by atoms with E-state index in [4.69, 9.17) is 34.8 Å². The smallest absolute Gasteiger partial charge is 0.244 e. The van der Waals surface area contributed by atoms with E-state index in [0.29, 0.717) is 0 Å². The molecule has 5 nitrogen and oxygen atoms in total. The fraction of sp³-hybridized carbons (Fsp3) is 0.308. The van der Waals surface area contributed by atoms with Crippen molar-refractivity contribution in [3.8, 4) is 0 Å². The van der Waals surface area contributed by atoms with Crippen molar-refractivity contribution in [3.63, 3.8) is 0 Å². The predicted octanol–water partition coefficient (Wildman–Crippen LogP) is 3.51. The van der Waals surface area contributed by atoms with Crippen molar-refractivity contribution in [2.24, 2.45) is 7.05 Å². The number of rotatable bonds is 4. The van der Waals surface area contributed by atoms with E-state index in [1.807, 2.05) is 6.92 Å². The van der Waals surface area contributed by atoms with E-state index in [0.717, 1.165) is 11.3 Å². The SMILES string of the molecule is Cc1nn(C)cc1CN(C)S(=O)(=O)c1cc(Cl)c(Cl)cc1Cl. The highest BCUT2D eigenvalue weighted by Crippen LogP contribution is 2.33. The zero-order valence-corrected chi connectivity index (χ0v) is 15.2. The molecule has 0 unspecified atom stereocenters. The van der Waals surface area contributed by atoms with Crippen LogP contribution in [-0.2, 0) is 23.6 Å². The van der Waals surface area contributed by atoms with Crippen LogP contribution in [-0.4, -0.2) is 29.6 Å². The number of halogens is 3. The minimum absolute atomic E-state index is 0.0316. The summed E-state index contributed by atoms with van der Waals surface area (Å²) in [5.74, 6) is 0. The topological polar surface area (TPSA) is 55.2 Å². The Bertz CT molecular complexity index is 818. The molecule has 9 heteroatoms. The van der Waals surface area contributed by atoms with Crippen molar-refractivity contribution in [3.05, 3.63) is 44.7 Å². The van der Waals surface area contributed by atoms with Gasteiger partial charge in [-0.1, -0.05) is 34.8 Å². The summed E-state index contributed by atoms with van der Waals surface area (Å²) < 4.78 is 28.1. The molecule has 0 amide bonds.